The van der Waals surface area contributed by atoms with Gasteiger partial charge in [-0.3, -0.25) is 34.6 Å². The molecule has 5 N–H and O–H groups in total. The first-order valence-electron chi connectivity index (χ1n) is 22.1. The normalized spacial score (nSPS) is 26.4. The largest absolute Gasteiger partial charge is 0.362 e. The number of halogens is 3. The Morgan fingerprint density at radius 2 is 1.74 bits per heavy atom. The highest BCUT2D eigenvalue weighted by atomic mass is 35.5. The summed E-state index contributed by atoms with van der Waals surface area (Å²) in [7, 11) is 1.70. The molecule has 5 heterocycles. The van der Waals surface area contributed by atoms with E-state index in [1.54, 1.807) is 88.5 Å². The van der Waals surface area contributed by atoms with Gasteiger partial charge in [0.2, 0.25) is 30.0 Å². The average Bonchev–Trinajstić information content (AvgIpc) is 3.87. The Morgan fingerprint density at radius 1 is 0.970 bits per heavy atom. The first-order chi connectivity index (χ1) is 31.8. The molecule has 0 radical (unpaired) electrons. The van der Waals surface area contributed by atoms with Crippen LogP contribution in [-0.4, -0.2) is 96.4 Å². The van der Waals surface area contributed by atoms with Crippen molar-refractivity contribution in [2.75, 3.05) is 47.2 Å². The summed E-state index contributed by atoms with van der Waals surface area (Å²) in [4.78, 5) is 72.7. The zero-order chi connectivity index (χ0) is 46.1. The summed E-state index contributed by atoms with van der Waals surface area (Å²) >= 11 is 12.8. The molecule has 4 aromatic carbocycles. The number of aliphatic hydroxyl groups is 1. The average molecular weight is 935 g/mol. The van der Waals surface area contributed by atoms with Crippen molar-refractivity contribution in [1.82, 2.24) is 15.5 Å². The number of anilines is 4. The molecule has 6 atom stereocenters. The van der Waals surface area contributed by atoms with Crippen LogP contribution < -0.4 is 31.1 Å². The number of piperidine rings is 1. The monoisotopic (exact) mass is 933 g/mol. The Morgan fingerprint density at radius 3 is 2.52 bits per heavy atom. The molecule has 5 aliphatic heterocycles. The van der Waals surface area contributed by atoms with E-state index in [0.29, 0.717) is 63.8 Å². The minimum absolute atomic E-state index is 0.118. The van der Waals surface area contributed by atoms with E-state index in [4.69, 9.17) is 27.9 Å². The number of benzene rings is 4. The van der Waals surface area contributed by atoms with Crippen LogP contribution in [0.1, 0.15) is 77.9 Å². The van der Waals surface area contributed by atoms with Crippen LogP contribution in [-0.2, 0) is 29.3 Å². The van der Waals surface area contributed by atoms with Crippen molar-refractivity contribution in [2.45, 2.75) is 86.4 Å². The number of rotatable bonds is 5. The number of amides is 5. The van der Waals surface area contributed by atoms with Crippen LogP contribution in [0.25, 0.3) is 0 Å². The number of hydrogen-bond donors (Lipinski definition) is 5. The molecule has 14 nitrogen and oxygen atoms in total. The zero-order valence-corrected chi connectivity index (χ0v) is 37.3. The van der Waals surface area contributed by atoms with Gasteiger partial charge in [-0.25, -0.2) is 4.39 Å². The summed E-state index contributed by atoms with van der Waals surface area (Å²) in [5.41, 5.74) is 1.66. The summed E-state index contributed by atoms with van der Waals surface area (Å²) in [6.45, 7) is 0.754. The van der Waals surface area contributed by atoms with E-state index >= 15 is 4.39 Å². The number of fused-ring (bicyclic) bond motifs is 4. The molecule has 0 aromatic heterocycles. The van der Waals surface area contributed by atoms with Gasteiger partial charge in [-0.15, -0.1) is 0 Å². The van der Waals surface area contributed by atoms with E-state index in [-0.39, 0.29) is 54.3 Å². The number of nitrogens with one attached hydrogen (secondary N) is 4. The molecule has 0 bridgehead atoms. The maximum absolute atomic E-state index is 16.3. The number of imide groups is 1. The Hall–Kier alpha value is -6.02. The van der Waals surface area contributed by atoms with Gasteiger partial charge in [-0.05, 0) is 85.0 Å². The Balaban J connectivity index is 0.873. The molecule has 6 aliphatic rings. The smallest absolute Gasteiger partial charge is 0.254 e. The Bertz CT molecular complexity index is 2760. The number of hydrogen-bond acceptors (Lipinski definition) is 10. The summed E-state index contributed by atoms with van der Waals surface area (Å²) in [6, 6.07) is 20.0. The number of carbonyl (C=O) groups excluding carboxylic acids is 5. The minimum atomic E-state index is -1.38. The lowest BCUT2D eigenvalue weighted by Crippen LogP contribution is -2.60. The molecule has 3 saturated heterocycles. The fourth-order valence-electron chi connectivity index (χ4n) is 11.3. The number of morpholine rings is 1. The van der Waals surface area contributed by atoms with Crippen molar-refractivity contribution in [3.8, 4) is 11.8 Å². The maximum atomic E-state index is 16.3. The van der Waals surface area contributed by atoms with Gasteiger partial charge >= 0.3 is 0 Å². The Labute approximate surface area is 390 Å². The first kappa shape index (κ1) is 43.9. The predicted octanol–water partition coefficient (Wildman–Crippen LogP) is 5.65. The van der Waals surface area contributed by atoms with Gasteiger partial charge in [0.25, 0.3) is 5.91 Å². The van der Waals surface area contributed by atoms with Gasteiger partial charge in [0.05, 0.1) is 41.2 Å². The SMILES string of the molecule is CN1c2c(C#C[C@@H]3CN(C(=O)c4ccc(NC(=O)[C@@H]5NC6(CCCCC6)[C@@]6(C(=O)Nc7cc(Cl)ccc76)[C@H]5c5cccc(Cl)c5F)cc4)CCO3)cccc2N(C2CCC(=O)NC2=O)C1O. The van der Waals surface area contributed by atoms with Crippen molar-refractivity contribution in [3.05, 3.63) is 117 Å². The van der Waals surface area contributed by atoms with Gasteiger partial charge in [-0.1, -0.05) is 78.6 Å². The molecule has 1 aliphatic carbocycles. The molecule has 17 heteroatoms. The fourth-order valence-corrected chi connectivity index (χ4v) is 11.7. The second kappa shape index (κ2) is 17.0. The summed E-state index contributed by atoms with van der Waals surface area (Å²) in [5.74, 6) is 2.75. The molecule has 2 unspecified atom stereocenters. The number of ether oxygens (including phenoxy) is 1. The van der Waals surface area contributed by atoms with Crippen molar-refractivity contribution in [3.63, 3.8) is 0 Å². The minimum Gasteiger partial charge on any atom is -0.362 e. The molecule has 4 aromatic rings. The van der Waals surface area contributed by atoms with E-state index in [1.807, 2.05) is 6.07 Å². The standard InChI is InChI=1S/C49H46Cl2FN7O7/c1-57-42-27(7-5-10-36(42)59(47(57)65)37-19-20-38(60)55-43(37)61)13-17-31-26-58(23-24-66-31)45(63)28-11-15-30(16-12-28)53-44(62)41-39(32-8-6-9-34(51)40(32)52)49(48(56-41)21-3-2-4-22-48)33-18-14-29(50)25-35(33)54-46(49)64/h5-12,14-16,18,25,31,37,39,41,47,56,65H,2-4,19-24,26H2,1H3,(H,53,62)(H,54,64)(H,55,60,61)/t31-,37?,39+,41-,47?,49-/m1/s1. The van der Waals surface area contributed by atoms with Crippen LogP contribution in [0, 0.1) is 17.7 Å². The number of aliphatic hydroxyl groups excluding tert-OH is 1. The van der Waals surface area contributed by atoms with E-state index < -0.39 is 59.0 Å². The molecular formula is C49H46Cl2FN7O7. The van der Waals surface area contributed by atoms with Crippen LogP contribution in [0.5, 0.6) is 0 Å². The molecule has 66 heavy (non-hydrogen) atoms. The molecule has 2 spiro atoms. The van der Waals surface area contributed by atoms with Crippen LogP contribution >= 0.6 is 23.2 Å². The van der Waals surface area contributed by atoms with Gasteiger partial charge in [-0.2, -0.15) is 0 Å². The molecule has 4 fully saturated rings. The number of nitrogens with zero attached hydrogens (tertiary/aromatic N) is 3. The topological polar surface area (TPSA) is 173 Å². The third kappa shape index (κ3) is 7.09. The van der Waals surface area contributed by atoms with Gasteiger partial charge in [0, 0.05) is 53.4 Å². The summed E-state index contributed by atoms with van der Waals surface area (Å²) < 4.78 is 22.3. The van der Waals surface area contributed by atoms with Gasteiger partial charge < -0.3 is 35.2 Å². The van der Waals surface area contributed by atoms with Crippen molar-refractivity contribution >= 4 is 75.5 Å². The molecular weight excluding hydrogens is 888 g/mol. The van der Waals surface area contributed by atoms with Crippen molar-refractivity contribution < 1.29 is 38.2 Å². The zero-order valence-electron chi connectivity index (χ0n) is 35.8. The number of para-hydroxylation sites is 1. The second-order valence-electron chi connectivity index (χ2n) is 17.8. The quantitative estimate of drug-likeness (QED) is 0.125. The summed E-state index contributed by atoms with van der Waals surface area (Å²) in [5, 5.41) is 23.5. The highest BCUT2D eigenvalue weighted by Gasteiger charge is 2.72. The third-order valence-electron chi connectivity index (χ3n) is 14.2. The predicted molar refractivity (Wildman–Crippen MR) is 246 cm³/mol. The van der Waals surface area contributed by atoms with Crippen molar-refractivity contribution in [1.29, 1.82) is 0 Å². The summed E-state index contributed by atoms with van der Waals surface area (Å²) in [6.07, 6.45) is 2.38. The van der Waals surface area contributed by atoms with E-state index in [0.717, 1.165) is 19.3 Å². The van der Waals surface area contributed by atoms with Gasteiger partial charge in [0.1, 0.15) is 23.4 Å². The highest BCUT2D eigenvalue weighted by molar-refractivity contribution is 6.31. The highest BCUT2D eigenvalue weighted by Crippen LogP contribution is 2.63. The maximum Gasteiger partial charge on any atom is 0.254 e. The lowest BCUT2D eigenvalue weighted by molar-refractivity contribution is -0.134. The number of carbonyl (C=O) groups is 5. The van der Waals surface area contributed by atoms with E-state index in [9.17, 15) is 29.1 Å². The van der Waals surface area contributed by atoms with E-state index in [2.05, 4.69) is 33.1 Å². The molecule has 1 saturated carbocycles. The lowest BCUT2D eigenvalue weighted by atomic mass is 9.55. The van der Waals surface area contributed by atoms with E-state index in [1.165, 1.54) is 6.07 Å². The third-order valence-corrected chi connectivity index (χ3v) is 14.7. The fraction of sp³-hybridized carbons (Fsp3) is 0.367. The lowest BCUT2D eigenvalue weighted by Gasteiger charge is -2.47. The van der Waals surface area contributed by atoms with Crippen LogP contribution in [0.2, 0.25) is 10.0 Å². The Kier molecular flexibility index (Phi) is 11.3. The molecule has 5 amide bonds. The molecule has 10 rings (SSSR count). The molecule has 340 valence electrons. The van der Waals surface area contributed by atoms with Crippen LogP contribution in [0.4, 0.5) is 27.1 Å². The van der Waals surface area contributed by atoms with Crippen LogP contribution in [0.15, 0.2) is 78.9 Å². The van der Waals surface area contributed by atoms with Crippen molar-refractivity contribution in [2.24, 2.45) is 0 Å². The van der Waals surface area contributed by atoms with Gasteiger partial charge in [0.15, 0.2) is 0 Å². The second-order valence-corrected chi connectivity index (χ2v) is 18.6. The first-order valence-corrected chi connectivity index (χ1v) is 22.9. The van der Waals surface area contributed by atoms with Crippen LogP contribution in [0.3, 0.4) is 0 Å².